The van der Waals surface area contributed by atoms with Crippen LogP contribution in [0.2, 0.25) is 0 Å². The molecule has 0 aromatic carbocycles. The van der Waals surface area contributed by atoms with Crippen LogP contribution in [-0.4, -0.2) is 27.7 Å². The maximum absolute atomic E-state index is 13.4. The second kappa shape index (κ2) is 8.37. The molecule has 146 valence electrons. The standard InChI is InChI=1S/C19H22F3N3OS/c1-12(26)2-3-13-8-16(18-24-15(10-20)11-27-18)25-17(9-13)23-14-4-6-19(21,22)7-5-14/h8-9,11,14H,2-7,10H2,1H3,(H,23,25). The molecule has 0 saturated heterocycles. The monoisotopic (exact) mass is 397 g/mol. The quantitative estimate of drug-likeness (QED) is 0.699. The Labute approximate surface area is 160 Å². The van der Waals surface area contributed by atoms with Crippen molar-refractivity contribution in [2.24, 2.45) is 0 Å². The number of nitrogens with zero attached hydrogens (tertiary/aromatic N) is 2. The lowest BCUT2D eigenvalue weighted by Gasteiger charge is -2.29. The van der Waals surface area contributed by atoms with E-state index in [1.807, 2.05) is 12.1 Å². The predicted molar refractivity (Wildman–Crippen MR) is 100.0 cm³/mol. The number of rotatable bonds is 7. The van der Waals surface area contributed by atoms with E-state index < -0.39 is 12.6 Å². The van der Waals surface area contributed by atoms with E-state index in [-0.39, 0.29) is 24.7 Å². The van der Waals surface area contributed by atoms with Gasteiger partial charge < -0.3 is 10.1 Å². The Balaban J connectivity index is 1.82. The van der Waals surface area contributed by atoms with E-state index in [9.17, 15) is 18.0 Å². The Morgan fingerprint density at radius 3 is 2.67 bits per heavy atom. The normalized spacial score (nSPS) is 17.0. The van der Waals surface area contributed by atoms with Crippen LogP contribution in [0.15, 0.2) is 17.5 Å². The minimum Gasteiger partial charge on any atom is -0.367 e. The van der Waals surface area contributed by atoms with Crippen molar-refractivity contribution in [3.8, 4) is 10.7 Å². The molecule has 1 aliphatic rings. The zero-order valence-electron chi connectivity index (χ0n) is 15.1. The van der Waals surface area contributed by atoms with E-state index in [1.165, 1.54) is 18.3 Å². The molecular weight excluding hydrogens is 375 g/mol. The van der Waals surface area contributed by atoms with Gasteiger partial charge in [-0.1, -0.05) is 0 Å². The van der Waals surface area contributed by atoms with Crippen molar-refractivity contribution in [2.75, 3.05) is 5.32 Å². The number of anilines is 1. The van der Waals surface area contributed by atoms with Gasteiger partial charge in [-0.05, 0) is 43.9 Å². The van der Waals surface area contributed by atoms with Gasteiger partial charge in [0.05, 0.1) is 5.69 Å². The smallest absolute Gasteiger partial charge is 0.248 e. The van der Waals surface area contributed by atoms with Crippen LogP contribution < -0.4 is 5.32 Å². The SMILES string of the molecule is CC(=O)CCc1cc(NC2CCC(F)(F)CC2)nc(-c2nc(CF)cs2)c1. The van der Waals surface area contributed by atoms with Gasteiger partial charge in [0.1, 0.15) is 29.0 Å². The minimum absolute atomic E-state index is 0.0641. The van der Waals surface area contributed by atoms with E-state index in [2.05, 4.69) is 15.3 Å². The molecule has 2 aromatic rings. The Kier molecular flexibility index (Phi) is 6.14. The second-order valence-corrected chi connectivity index (χ2v) is 7.86. The van der Waals surface area contributed by atoms with Gasteiger partial charge in [-0.25, -0.2) is 23.1 Å². The molecule has 27 heavy (non-hydrogen) atoms. The number of hydrogen-bond acceptors (Lipinski definition) is 5. The molecule has 2 aromatic heterocycles. The molecule has 4 nitrogen and oxygen atoms in total. The highest BCUT2D eigenvalue weighted by atomic mass is 32.1. The van der Waals surface area contributed by atoms with Crippen LogP contribution in [-0.2, 0) is 17.9 Å². The number of carbonyl (C=O) groups excluding carboxylic acids is 1. The molecule has 0 amide bonds. The van der Waals surface area contributed by atoms with E-state index in [0.717, 1.165) is 5.56 Å². The first-order chi connectivity index (χ1) is 12.8. The van der Waals surface area contributed by atoms with Crippen molar-refractivity contribution in [3.63, 3.8) is 0 Å². The fourth-order valence-corrected chi connectivity index (χ4v) is 3.87. The Morgan fingerprint density at radius 2 is 2.04 bits per heavy atom. The summed E-state index contributed by atoms with van der Waals surface area (Å²) in [5.41, 5.74) is 1.87. The van der Waals surface area contributed by atoms with Crippen LogP contribution in [0.1, 0.15) is 50.3 Å². The Bertz CT molecular complexity index is 799. The van der Waals surface area contributed by atoms with E-state index in [1.54, 1.807) is 5.38 Å². The highest BCUT2D eigenvalue weighted by Gasteiger charge is 2.35. The molecule has 1 saturated carbocycles. The Morgan fingerprint density at radius 1 is 1.30 bits per heavy atom. The lowest BCUT2D eigenvalue weighted by atomic mass is 9.92. The average Bonchev–Trinajstić information content (AvgIpc) is 3.11. The fourth-order valence-electron chi connectivity index (χ4n) is 3.12. The van der Waals surface area contributed by atoms with Gasteiger partial charge in [0, 0.05) is 30.7 Å². The molecule has 2 heterocycles. The summed E-state index contributed by atoms with van der Waals surface area (Å²) >= 11 is 1.31. The highest BCUT2D eigenvalue weighted by molar-refractivity contribution is 7.13. The first-order valence-electron chi connectivity index (χ1n) is 9.00. The number of nitrogens with one attached hydrogen (secondary N) is 1. The van der Waals surface area contributed by atoms with Gasteiger partial charge in [0.25, 0.3) is 0 Å². The van der Waals surface area contributed by atoms with Crippen molar-refractivity contribution in [3.05, 3.63) is 28.8 Å². The molecule has 0 unspecified atom stereocenters. The van der Waals surface area contributed by atoms with E-state index in [0.29, 0.717) is 47.9 Å². The molecule has 0 spiro atoms. The molecule has 0 aliphatic heterocycles. The van der Waals surface area contributed by atoms with Gasteiger partial charge in [0.15, 0.2) is 0 Å². The molecule has 3 rings (SSSR count). The van der Waals surface area contributed by atoms with Crippen LogP contribution in [0.3, 0.4) is 0 Å². The van der Waals surface area contributed by atoms with Gasteiger partial charge in [-0.2, -0.15) is 0 Å². The summed E-state index contributed by atoms with van der Waals surface area (Å²) < 4.78 is 39.5. The van der Waals surface area contributed by atoms with Crippen molar-refractivity contribution in [2.45, 2.75) is 64.1 Å². The van der Waals surface area contributed by atoms with Crippen LogP contribution in [0.5, 0.6) is 0 Å². The van der Waals surface area contributed by atoms with Crippen molar-refractivity contribution in [1.82, 2.24) is 9.97 Å². The third kappa shape index (κ3) is 5.51. The van der Waals surface area contributed by atoms with E-state index in [4.69, 9.17) is 0 Å². The molecule has 1 N–H and O–H groups in total. The zero-order chi connectivity index (χ0) is 19.4. The lowest BCUT2D eigenvalue weighted by molar-refractivity contribution is -0.116. The molecular formula is C19H22F3N3OS. The van der Waals surface area contributed by atoms with Crippen LogP contribution in [0, 0.1) is 0 Å². The van der Waals surface area contributed by atoms with Crippen molar-refractivity contribution >= 4 is 22.9 Å². The summed E-state index contributed by atoms with van der Waals surface area (Å²) in [7, 11) is 0. The topological polar surface area (TPSA) is 54.9 Å². The molecule has 1 fully saturated rings. The number of aryl methyl sites for hydroxylation is 1. The summed E-state index contributed by atoms with van der Waals surface area (Å²) in [6.07, 6.45) is 1.47. The molecule has 8 heteroatoms. The average molecular weight is 397 g/mol. The largest absolute Gasteiger partial charge is 0.367 e. The maximum Gasteiger partial charge on any atom is 0.248 e. The molecule has 0 radical (unpaired) electrons. The van der Waals surface area contributed by atoms with Crippen LogP contribution in [0.25, 0.3) is 10.7 Å². The summed E-state index contributed by atoms with van der Waals surface area (Å²) in [5, 5.41) is 5.50. The number of thiazole rings is 1. The van der Waals surface area contributed by atoms with Gasteiger partial charge in [-0.3, -0.25) is 0 Å². The molecule has 0 bridgehead atoms. The number of ketones is 1. The number of carbonyl (C=O) groups is 1. The van der Waals surface area contributed by atoms with Crippen LogP contribution >= 0.6 is 11.3 Å². The summed E-state index contributed by atoms with van der Waals surface area (Å²) in [6, 6.07) is 3.64. The van der Waals surface area contributed by atoms with Crippen molar-refractivity contribution < 1.29 is 18.0 Å². The third-order valence-electron chi connectivity index (χ3n) is 4.63. The summed E-state index contributed by atoms with van der Waals surface area (Å²) in [5.74, 6) is -1.91. The third-order valence-corrected chi connectivity index (χ3v) is 5.54. The maximum atomic E-state index is 13.4. The predicted octanol–water partition coefficient (Wildman–Crippen LogP) is 5.19. The first kappa shape index (κ1) is 19.8. The number of halogens is 3. The minimum atomic E-state index is -2.58. The number of alkyl halides is 3. The zero-order valence-corrected chi connectivity index (χ0v) is 15.9. The van der Waals surface area contributed by atoms with Crippen molar-refractivity contribution in [1.29, 1.82) is 0 Å². The van der Waals surface area contributed by atoms with Gasteiger partial charge in [0.2, 0.25) is 5.92 Å². The first-order valence-corrected chi connectivity index (χ1v) is 9.88. The number of pyridine rings is 1. The van der Waals surface area contributed by atoms with E-state index >= 15 is 0 Å². The van der Waals surface area contributed by atoms with Crippen LogP contribution in [0.4, 0.5) is 19.0 Å². The fraction of sp³-hybridized carbons (Fsp3) is 0.526. The van der Waals surface area contributed by atoms with Gasteiger partial charge >= 0.3 is 0 Å². The Hall–Kier alpha value is -1.96. The number of Topliss-reactive ketones (excluding diaryl/α,β-unsaturated/α-hetero) is 1. The molecule has 0 atom stereocenters. The second-order valence-electron chi connectivity index (χ2n) is 7.00. The summed E-state index contributed by atoms with van der Waals surface area (Å²) in [6.45, 7) is 0.903. The molecule has 1 aliphatic carbocycles. The highest BCUT2D eigenvalue weighted by Crippen LogP contribution is 2.34. The lowest BCUT2D eigenvalue weighted by Crippen LogP contribution is -2.32. The van der Waals surface area contributed by atoms with Gasteiger partial charge in [-0.15, -0.1) is 11.3 Å². The number of aromatic nitrogens is 2. The number of hydrogen-bond donors (Lipinski definition) is 1. The summed E-state index contributed by atoms with van der Waals surface area (Å²) in [4.78, 5) is 20.1.